The van der Waals surface area contributed by atoms with Crippen LogP contribution in [0.3, 0.4) is 0 Å². The second kappa shape index (κ2) is 9.73. The van der Waals surface area contributed by atoms with Crippen LogP contribution in [-0.2, 0) is 6.61 Å². The van der Waals surface area contributed by atoms with Crippen LogP contribution in [0.25, 0.3) is 0 Å². The minimum Gasteiger partial charge on any atom is -0.489 e. The molecule has 3 rings (SSSR count). The molecule has 0 spiro atoms. The first kappa shape index (κ1) is 18.9. The number of unbranched alkanes of at least 4 members (excludes halogenated alkanes) is 1. The molecule has 140 valence electrons. The third-order valence-corrected chi connectivity index (χ3v) is 4.08. The average Bonchev–Trinajstić information content (AvgIpc) is 2.69. The summed E-state index contributed by atoms with van der Waals surface area (Å²) < 4.78 is 5.79. The van der Waals surface area contributed by atoms with Crippen LogP contribution in [0, 0.1) is 0 Å². The van der Waals surface area contributed by atoms with Crippen LogP contribution in [-0.4, -0.2) is 21.7 Å². The maximum atomic E-state index is 5.89. The van der Waals surface area contributed by atoms with Gasteiger partial charge >= 0.3 is 0 Å². The second-order valence-electron chi connectivity index (χ2n) is 6.01. The highest BCUT2D eigenvalue weighted by molar-refractivity contribution is 6.30. The molecule has 0 aliphatic rings. The van der Waals surface area contributed by atoms with Gasteiger partial charge in [-0.2, -0.15) is 10.1 Å². The van der Waals surface area contributed by atoms with Gasteiger partial charge in [0.15, 0.2) is 5.82 Å². The first-order chi connectivity index (χ1) is 13.2. The molecule has 3 aromatic rings. The first-order valence-corrected chi connectivity index (χ1v) is 9.28. The van der Waals surface area contributed by atoms with E-state index in [2.05, 4.69) is 32.7 Å². The van der Waals surface area contributed by atoms with Gasteiger partial charge in [0.05, 0.1) is 6.20 Å². The van der Waals surface area contributed by atoms with Crippen molar-refractivity contribution in [3.63, 3.8) is 0 Å². The Balaban J connectivity index is 1.54. The highest BCUT2D eigenvalue weighted by atomic mass is 35.5. The minimum atomic E-state index is 0.450. The number of nitrogens with zero attached hydrogens (tertiary/aromatic N) is 3. The number of anilines is 3. The van der Waals surface area contributed by atoms with Crippen molar-refractivity contribution in [1.82, 2.24) is 15.2 Å². The standard InChI is InChI=1S/C20H22ClN5O/c1-2-3-12-22-19-13-23-26-20(25-19)24-17-8-10-18(11-9-17)27-14-15-4-6-16(21)7-5-15/h4-11,13H,2-3,12,14H2,1H3,(H2,22,24,25,26). The van der Waals surface area contributed by atoms with Crippen LogP contribution in [0.4, 0.5) is 17.5 Å². The van der Waals surface area contributed by atoms with Gasteiger partial charge in [-0.15, -0.1) is 5.10 Å². The zero-order valence-electron chi connectivity index (χ0n) is 15.2. The molecule has 2 aromatic carbocycles. The van der Waals surface area contributed by atoms with Gasteiger partial charge in [-0.1, -0.05) is 37.1 Å². The van der Waals surface area contributed by atoms with Gasteiger partial charge in [-0.3, -0.25) is 0 Å². The predicted molar refractivity (Wildman–Crippen MR) is 109 cm³/mol. The number of halogens is 1. The number of nitrogens with one attached hydrogen (secondary N) is 2. The van der Waals surface area contributed by atoms with Gasteiger partial charge in [-0.25, -0.2) is 0 Å². The maximum absolute atomic E-state index is 5.89. The van der Waals surface area contributed by atoms with Crippen molar-refractivity contribution in [1.29, 1.82) is 0 Å². The molecule has 27 heavy (non-hydrogen) atoms. The third-order valence-electron chi connectivity index (χ3n) is 3.82. The lowest BCUT2D eigenvalue weighted by atomic mass is 10.2. The zero-order chi connectivity index (χ0) is 18.9. The molecule has 7 heteroatoms. The van der Waals surface area contributed by atoms with Gasteiger partial charge in [0.1, 0.15) is 12.4 Å². The molecule has 0 fully saturated rings. The van der Waals surface area contributed by atoms with E-state index in [-0.39, 0.29) is 0 Å². The van der Waals surface area contributed by atoms with Gasteiger partial charge in [0, 0.05) is 17.3 Å². The van der Waals surface area contributed by atoms with Crippen LogP contribution < -0.4 is 15.4 Å². The fourth-order valence-electron chi connectivity index (χ4n) is 2.35. The van der Waals surface area contributed by atoms with Gasteiger partial charge in [0.2, 0.25) is 5.95 Å². The second-order valence-corrected chi connectivity index (χ2v) is 6.45. The summed E-state index contributed by atoms with van der Waals surface area (Å²) in [6.45, 7) is 3.51. The van der Waals surface area contributed by atoms with Crippen molar-refractivity contribution in [3.05, 3.63) is 65.3 Å². The van der Waals surface area contributed by atoms with Gasteiger partial charge in [-0.05, 0) is 48.4 Å². The van der Waals surface area contributed by atoms with E-state index in [4.69, 9.17) is 16.3 Å². The van der Waals surface area contributed by atoms with Crippen molar-refractivity contribution in [2.45, 2.75) is 26.4 Å². The molecule has 0 radical (unpaired) electrons. The van der Waals surface area contributed by atoms with E-state index >= 15 is 0 Å². The Labute approximate surface area is 164 Å². The highest BCUT2D eigenvalue weighted by Crippen LogP contribution is 2.20. The Hall–Kier alpha value is -2.86. The fourth-order valence-corrected chi connectivity index (χ4v) is 2.47. The summed E-state index contributed by atoms with van der Waals surface area (Å²) in [5.74, 6) is 1.94. The molecule has 0 amide bonds. The number of rotatable bonds is 9. The monoisotopic (exact) mass is 383 g/mol. The molecule has 0 aliphatic heterocycles. The first-order valence-electron chi connectivity index (χ1n) is 8.91. The summed E-state index contributed by atoms with van der Waals surface area (Å²) in [5, 5.41) is 15.1. The minimum absolute atomic E-state index is 0.450. The van der Waals surface area contributed by atoms with E-state index in [0.717, 1.165) is 41.4 Å². The molecular weight excluding hydrogens is 362 g/mol. The Morgan fingerprint density at radius 2 is 1.81 bits per heavy atom. The Morgan fingerprint density at radius 3 is 2.56 bits per heavy atom. The molecule has 0 unspecified atom stereocenters. The number of hydrogen-bond donors (Lipinski definition) is 2. The third kappa shape index (κ3) is 6.11. The lowest BCUT2D eigenvalue weighted by Crippen LogP contribution is -2.06. The Morgan fingerprint density at radius 1 is 1.04 bits per heavy atom. The normalized spacial score (nSPS) is 10.4. The number of hydrogen-bond acceptors (Lipinski definition) is 6. The maximum Gasteiger partial charge on any atom is 0.249 e. The SMILES string of the molecule is CCCCNc1cnnc(Nc2ccc(OCc3ccc(Cl)cc3)cc2)n1. The smallest absolute Gasteiger partial charge is 0.249 e. The molecular formula is C20H22ClN5O. The van der Waals surface area contributed by atoms with Crippen LogP contribution in [0.2, 0.25) is 5.02 Å². The van der Waals surface area contributed by atoms with Crippen molar-refractivity contribution < 1.29 is 4.74 Å². The molecule has 0 saturated heterocycles. The lowest BCUT2D eigenvalue weighted by Gasteiger charge is -2.09. The van der Waals surface area contributed by atoms with Crippen molar-refractivity contribution in [2.24, 2.45) is 0 Å². The van der Waals surface area contributed by atoms with E-state index in [1.165, 1.54) is 0 Å². The topological polar surface area (TPSA) is 72.0 Å². The number of benzene rings is 2. The van der Waals surface area contributed by atoms with Gasteiger partial charge in [0.25, 0.3) is 0 Å². The molecule has 0 bridgehead atoms. The molecule has 2 N–H and O–H groups in total. The summed E-state index contributed by atoms with van der Waals surface area (Å²) in [5.41, 5.74) is 1.93. The lowest BCUT2D eigenvalue weighted by molar-refractivity contribution is 0.306. The summed E-state index contributed by atoms with van der Waals surface area (Å²) in [7, 11) is 0. The predicted octanol–water partition coefficient (Wildman–Crippen LogP) is 5.06. The van der Waals surface area contributed by atoms with Gasteiger partial charge < -0.3 is 15.4 Å². The molecule has 0 aliphatic carbocycles. The summed E-state index contributed by atoms with van der Waals surface area (Å²) in [6, 6.07) is 15.2. The molecule has 0 atom stereocenters. The van der Waals surface area contributed by atoms with Crippen molar-refractivity contribution in [3.8, 4) is 5.75 Å². The summed E-state index contributed by atoms with van der Waals surface area (Å²) in [6.07, 6.45) is 3.84. The van der Waals surface area contributed by atoms with E-state index in [1.54, 1.807) is 6.20 Å². The van der Waals surface area contributed by atoms with Crippen molar-refractivity contribution in [2.75, 3.05) is 17.2 Å². The van der Waals surface area contributed by atoms with Crippen LogP contribution >= 0.6 is 11.6 Å². The van der Waals surface area contributed by atoms with Crippen LogP contribution in [0.15, 0.2) is 54.7 Å². The fraction of sp³-hybridized carbons (Fsp3) is 0.250. The Bertz CT molecular complexity index is 840. The highest BCUT2D eigenvalue weighted by Gasteiger charge is 2.02. The average molecular weight is 384 g/mol. The molecule has 1 heterocycles. The Kier molecular flexibility index (Phi) is 6.82. The number of aromatic nitrogens is 3. The van der Waals surface area contributed by atoms with Crippen molar-refractivity contribution >= 4 is 29.1 Å². The number of ether oxygens (including phenoxy) is 1. The van der Waals surface area contributed by atoms with Crippen LogP contribution in [0.5, 0.6) is 5.75 Å². The molecule has 1 aromatic heterocycles. The molecule has 0 saturated carbocycles. The zero-order valence-corrected chi connectivity index (χ0v) is 15.9. The summed E-state index contributed by atoms with van der Waals surface area (Å²) >= 11 is 5.89. The quantitative estimate of drug-likeness (QED) is 0.503. The van der Waals surface area contributed by atoms with Crippen LogP contribution in [0.1, 0.15) is 25.3 Å². The molecule has 6 nitrogen and oxygen atoms in total. The van der Waals surface area contributed by atoms with E-state index in [9.17, 15) is 0 Å². The summed E-state index contributed by atoms with van der Waals surface area (Å²) in [4.78, 5) is 4.41. The van der Waals surface area contributed by atoms with E-state index in [0.29, 0.717) is 18.4 Å². The van der Waals surface area contributed by atoms with E-state index in [1.807, 2.05) is 48.5 Å². The largest absolute Gasteiger partial charge is 0.489 e. The van der Waals surface area contributed by atoms with E-state index < -0.39 is 0 Å².